The standard InChI is InChI=1S/C10H18O2/c1-3-4-5-6-9-8(2)7-10(11)12-9/h8-9H,3-7H2,1-2H3/t8-,9+/m1/s1/i2D. The number of ether oxygens (including phenoxy) is 1. The van der Waals surface area contributed by atoms with E-state index in [0.717, 1.165) is 12.8 Å². The fourth-order valence-electron chi connectivity index (χ4n) is 1.55. The van der Waals surface area contributed by atoms with E-state index in [9.17, 15) is 4.79 Å². The van der Waals surface area contributed by atoms with E-state index in [4.69, 9.17) is 6.11 Å². The van der Waals surface area contributed by atoms with E-state index in [1.165, 1.54) is 12.8 Å². The largest absolute Gasteiger partial charge is 0.462 e. The molecule has 0 aliphatic carbocycles. The molecule has 12 heavy (non-hydrogen) atoms. The Bertz CT molecular complexity index is 170. The van der Waals surface area contributed by atoms with Gasteiger partial charge in [0.05, 0.1) is 6.42 Å². The molecular weight excluding hydrogens is 152 g/mol. The first-order chi connectivity index (χ1) is 6.27. The van der Waals surface area contributed by atoms with E-state index in [2.05, 4.69) is 6.92 Å². The molecule has 1 rings (SSSR count). The van der Waals surface area contributed by atoms with E-state index in [-0.39, 0.29) is 18.0 Å². The average molecular weight is 171 g/mol. The minimum Gasteiger partial charge on any atom is -0.462 e. The number of carbonyl (C=O) groups excluding carboxylic acids is 1. The van der Waals surface area contributed by atoms with Crippen LogP contribution in [-0.2, 0) is 9.53 Å². The van der Waals surface area contributed by atoms with Gasteiger partial charge in [-0.15, -0.1) is 0 Å². The molecule has 0 radical (unpaired) electrons. The summed E-state index contributed by atoms with van der Waals surface area (Å²) in [5.41, 5.74) is 0. The Balaban J connectivity index is 2.27. The van der Waals surface area contributed by atoms with Gasteiger partial charge in [-0.05, 0) is 12.8 Å². The second-order valence-electron chi connectivity index (χ2n) is 3.49. The fraction of sp³-hybridized carbons (Fsp3) is 0.900. The number of cyclic esters (lactones) is 1. The Hall–Kier alpha value is -0.530. The van der Waals surface area contributed by atoms with Gasteiger partial charge in [-0.2, -0.15) is 0 Å². The smallest absolute Gasteiger partial charge is 0.306 e. The first-order valence-electron chi connectivity index (χ1n) is 5.47. The number of carbonyl (C=O) groups is 1. The molecule has 0 saturated carbocycles. The molecule has 70 valence electrons. The maximum Gasteiger partial charge on any atom is 0.306 e. The summed E-state index contributed by atoms with van der Waals surface area (Å²) < 4.78 is 12.4. The molecule has 2 heteroatoms. The molecular formula is C10H18O2. The van der Waals surface area contributed by atoms with Crippen molar-refractivity contribution < 1.29 is 10.9 Å². The van der Waals surface area contributed by atoms with Crippen LogP contribution in [0.3, 0.4) is 0 Å². The highest BCUT2D eigenvalue weighted by Gasteiger charge is 2.30. The summed E-state index contributed by atoms with van der Waals surface area (Å²) in [5, 5.41) is 0. The summed E-state index contributed by atoms with van der Waals surface area (Å²) in [4.78, 5) is 10.9. The number of rotatable bonds is 4. The van der Waals surface area contributed by atoms with E-state index in [1.54, 1.807) is 0 Å². The monoisotopic (exact) mass is 171 g/mol. The van der Waals surface area contributed by atoms with Gasteiger partial charge >= 0.3 is 5.97 Å². The summed E-state index contributed by atoms with van der Waals surface area (Å²) in [7, 11) is 0. The molecule has 0 aromatic carbocycles. The molecule has 0 bridgehead atoms. The predicted molar refractivity (Wildman–Crippen MR) is 47.8 cm³/mol. The van der Waals surface area contributed by atoms with Gasteiger partial charge in [-0.3, -0.25) is 4.79 Å². The van der Waals surface area contributed by atoms with Crippen LogP contribution < -0.4 is 0 Å². The minimum atomic E-state index is -0.112. The van der Waals surface area contributed by atoms with Crippen molar-refractivity contribution in [2.75, 3.05) is 0 Å². The maximum atomic E-state index is 10.9. The lowest BCUT2D eigenvalue weighted by molar-refractivity contribution is -0.141. The zero-order valence-corrected chi connectivity index (χ0v) is 7.71. The van der Waals surface area contributed by atoms with Gasteiger partial charge in [0.15, 0.2) is 0 Å². The van der Waals surface area contributed by atoms with Crippen LogP contribution in [0.5, 0.6) is 0 Å². The van der Waals surface area contributed by atoms with Gasteiger partial charge < -0.3 is 4.74 Å². The van der Waals surface area contributed by atoms with Crippen molar-refractivity contribution in [1.82, 2.24) is 0 Å². The molecule has 0 N–H and O–H groups in total. The lowest BCUT2D eigenvalue weighted by Crippen LogP contribution is -2.12. The molecule has 0 amide bonds. The van der Waals surface area contributed by atoms with E-state index < -0.39 is 0 Å². The number of unbranched alkanes of at least 4 members (excludes halogenated alkanes) is 2. The first kappa shape index (κ1) is 8.09. The van der Waals surface area contributed by atoms with E-state index >= 15 is 0 Å². The Morgan fingerprint density at radius 2 is 2.50 bits per heavy atom. The van der Waals surface area contributed by atoms with Crippen molar-refractivity contribution in [1.29, 1.82) is 0 Å². The van der Waals surface area contributed by atoms with Gasteiger partial charge in [0.25, 0.3) is 0 Å². The summed E-state index contributed by atoms with van der Waals surface area (Å²) in [6.07, 6.45) is 4.94. The van der Waals surface area contributed by atoms with Crippen molar-refractivity contribution in [3.63, 3.8) is 0 Å². The topological polar surface area (TPSA) is 26.3 Å². The van der Waals surface area contributed by atoms with E-state index in [1.807, 2.05) is 0 Å². The van der Waals surface area contributed by atoms with Crippen LogP contribution in [0, 0.1) is 5.92 Å². The lowest BCUT2D eigenvalue weighted by Gasteiger charge is -2.12. The molecule has 0 aromatic heterocycles. The number of esters is 1. The summed E-state index contributed by atoms with van der Waals surface area (Å²) in [6, 6.07) is 0. The number of hydrogen-bond donors (Lipinski definition) is 0. The Morgan fingerprint density at radius 3 is 3.17 bits per heavy atom. The lowest BCUT2D eigenvalue weighted by atomic mass is 9.99. The molecule has 2 nitrogen and oxygen atoms in total. The third-order valence-corrected chi connectivity index (χ3v) is 2.33. The quantitative estimate of drug-likeness (QED) is 0.480. The van der Waals surface area contributed by atoms with Gasteiger partial charge in [-0.25, -0.2) is 0 Å². The van der Waals surface area contributed by atoms with Crippen molar-refractivity contribution >= 4 is 5.97 Å². The molecule has 0 aromatic rings. The molecule has 1 saturated heterocycles. The third kappa shape index (κ3) is 2.50. The van der Waals surface area contributed by atoms with Crippen molar-refractivity contribution in [3.05, 3.63) is 0 Å². The SMILES string of the molecule is [2H]C[C@@H]1CC(=O)O[C@H]1CCCCC. The molecule has 0 spiro atoms. The average Bonchev–Trinajstić information content (AvgIpc) is 2.47. The second kappa shape index (κ2) is 4.48. The van der Waals surface area contributed by atoms with Crippen LogP contribution in [0.25, 0.3) is 0 Å². The molecule has 0 unspecified atom stereocenters. The maximum absolute atomic E-state index is 10.9. The van der Waals surface area contributed by atoms with Gasteiger partial charge in [0, 0.05) is 7.29 Å². The highest BCUT2D eigenvalue weighted by Crippen LogP contribution is 2.25. The molecule has 1 aliphatic rings. The molecule has 1 aliphatic heterocycles. The Labute approximate surface area is 75.7 Å². The van der Waals surface area contributed by atoms with Gasteiger partial charge in [0.1, 0.15) is 6.10 Å². The summed E-state index contributed by atoms with van der Waals surface area (Å²) >= 11 is 0. The summed E-state index contributed by atoms with van der Waals surface area (Å²) in [6.45, 7) is 2.48. The first-order valence-corrected chi connectivity index (χ1v) is 4.76. The minimum absolute atomic E-state index is 0.0385. The molecule has 2 atom stereocenters. The van der Waals surface area contributed by atoms with E-state index in [0.29, 0.717) is 13.3 Å². The van der Waals surface area contributed by atoms with Gasteiger partial charge in [-0.1, -0.05) is 26.7 Å². The van der Waals surface area contributed by atoms with Crippen molar-refractivity contribution in [3.8, 4) is 0 Å². The molecule has 1 fully saturated rings. The van der Waals surface area contributed by atoms with Gasteiger partial charge in [0.2, 0.25) is 0 Å². The van der Waals surface area contributed by atoms with Crippen LogP contribution in [-0.4, -0.2) is 12.1 Å². The van der Waals surface area contributed by atoms with Crippen molar-refractivity contribution in [2.24, 2.45) is 5.92 Å². The zero-order chi connectivity index (χ0) is 9.68. The van der Waals surface area contributed by atoms with Crippen LogP contribution >= 0.6 is 0 Å². The fourth-order valence-corrected chi connectivity index (χ4v) is 1.55. The highest BCUT2D eigenvalue weighted by molar-refractivity contribution is 5.71. The highest BCUT2D eigenvalue weighted by atomic mass is 16.5. The molecule has 1 heterocycles. The van der Waals surface area contributed by atoms with Crippen LogP contribution in [0.1, 0.15) is 47.3 Å². The Morgan fingerprint density at radius 1 is 1.67 bits per heavy atom. The Kier molecular flexibility index (Phi) is 3.02. The third-order valence-electron chi connectivity index (χ3n) is 2.33. The second-order valence-corrected chi connectivity index (χ2v) is 3.49. The van der Waals surface area contributed by atoms with Crippen LogP contribution in [0.4, 0.5) is 0 Å². The van der Waals surface area contributed by atoms with Crippen LogP contribution in [0.2, 0.25) is 0 Å². The number of hydrogen-bond acceptors (Lipinski definition) is 2. The van der Waals surface area contributed by atoms with Crippen LogP contribution in [0.15, 0.2) is 0 Å². The predicted octanol–water partition coefficient (Wildman–Crippen LogP) is 2.52. The summed E-state index contributed by atoms with van der Waals surface area (Å²) in [5.74, 6) is 0.0445. The zero-order valence-electron chi connectivity index (χ0n) is 8.71. The normalized spacial score (nSPS) is 30.1. The van der Waals surface area contributed by atoms with Crippen molar-refractivity contribution in [2.45, 2.75) is 52.0 Å².